The summed E-state index contributed by atoms with van der Waals surface area (Å²) in [7, 11) is 1.62. The summed E-state index contributed by atoms with van der Waals surface area (Å²) in [6, 6.07) is 14.1. The fourth-order valence-electron chi connectivity index (χ4n) is 1.77. The van der Waals surface area contributed by atoms with Gasteiger partial charge in [-0.05, 0) is 35.4 Å². The number of hydrogen-bond acceptors (Lipinski definition) is 2. The predicted octanol–water partition coefficient (Wildman–Crippen LogP) is 4.40. The lowest BCUT2D eigenvalue weighted by atomic mass is 10.2. The summed E-state index contributed by atoms with van der Waals surface area (Å²) in [4.78, 5) is 0. The highest BCUT2D eigenvalue weighted by Gasteiger charge is 2.01. The van der Waals surface area contributed by atoms with E-state index in [1.54, 1.807) is 7.11 Å². The van der Waals surface area contributed by atoms with E-state index in [9.17, 15) is 0 Å². The fourth-order valence-corrected chi connectivity index (χ4v) is 2.32. The Labute approximate surface area is 126 Å². The van der Waals surface area contributed by atoms with Crippen molar-refractivity contribution in [3.8, 4) is 5.75 Å². The minimum Gasteiger partial charge on any atom is -0.495 e. The molecule has 4 heteroatoms. The maximum Gasteiger partial charge on any atom is 0.137 e. The van der Waals surface area contributed by atoms with E-state index >= 15 is 0 Å². The average Bonchev–Trinajstić information content (AvgIpc) is 2.41. The molecule has 2 nitrogen and oxygen atoms in total. The van der Waals surface area contributed by atoms with Crippen LogP contribution < -0.4 is 10.1 Å². The molecule has 1 N–H and O–H groups in total. The summed E-state index contributed by atoms with van der Waals surface area (Å²) in [5.41, 5.74) is 2.39. The lowest BCUT2D eigenvalue weighted by Gasteiger charge is -2.08. The SMILES string of the molecule is COc1ccc(CNCc2ccc(Br)cc2)cc1Cl. The van der Waals surface area contributed by atoms with Gasteiger partial charge in [-0.2, -0.15) is 0 Å². The monoisotopic (exact) mass is 339 g/mol. The number of ether oxygens (including phenoxy) is 1. The number of rotatable bonds is 5. The normalized spacial score (nSPS) is 10.5. The molecule has 0 aliphatic rings. The van der Waals surface area contributed by atoms with Crippen molar-refractivity contribution < 1.29 is 4.74 Å². The van der Waals surface area contributed by atoms with Crippen LogP contribution in [-0.4, -0.2) is 7.11 Å². The lowest BCUT2D eigenvalue weighted by molar-refractivity contribution is 0.415. The van der Waals surface area contributed by atoms with Crippen LogP contribution in [0.15, 0.2) is 46.9 Å². The molecule has 2 aromatic rings. The van der Waals surface area contributed by atoms with E-state index in [0.717, 1.165) is 23.1 Å². The van der Waals surface area contributed by atoms with E-state index in [2.05, 4.69) is 33.4 Å². The molecule has 0 radical (unpaired) electrons. The zero-order valence-corrected chi connectivity index (χ0v) is 13.0. The molecular weight excluding hydrogens is 326 g/mol. The molecule has 19 heavy (non-hydrogen) atoms. The first-order valence-corrected chi connectivity index (χ1v) is 7.13. The van der Waals surface area contributed by atoms with Crippen LogP contribution >= 0.6 is 27.5 Å². The second-order valence-electron chi connectivity index (χ2n) is 4.20. The average molecular weight is 341 g/mol. The van der Waals surface area contributed by atoms with E-state index in [4.69, 9.17) is 16.3 Å². The Hall–Kier alpha value is -1.03. The van der Waals surface area contributed by atoms with Gasteiger partial charge in [-0.1, -0.05) is 45.7 Å². The summed E-state index contributed by atoms with van der Waals surface area (Å²) in [5.74, 6) is 0.707. The van der Waals surface area contributed by atoms with E-state index in [0.29, 0.717) is 10.8 Å². The summed E-state index contributed by atoms with van der Waals surface area (Å²) < 4.78 is 6.22. The first kappa shape index (κ1) is 14.4. The van der Waals surface area contributed by atoms with Crippen molar-refractivity contribution in [3.63, 3.8) is 0 Å². The Balaban J connectivity index is 1.88. The largest absolute Gasteiger partial charge is 0.495 e. The van der Waals surface area contributed by atoms with Crippen LogP contribution in [0.3, 0.4) is 0 Å². The van der Waals surface area contributed by atoms with E-state index in [1.807, 2.05) is 30.3 Å². The van der Waals surface area contributed by atoms with Crippen molar-refractivity contribution in [1.29, 1.82) is 0 Å². The topological polar surface area (TPSA) is 21.3 Å². The van der Waals surface area contributed by atoms with Crippen molar-refractivity contribution in [3.05, 3.63) is 63.1 Å². The first-order valence-electron chi connectivity index (χ1n) is 5.96. The van der Waals surface area contributed by atoms with Crippen molar-refractivity contribution in [2.24, 2.45) is 0 Å². The maximum atomic E-state index is 6.08. The third kappa shape index (κ3) is 4.23. The summed E-state index contributed by atoms with van der Waals surface area (Å²) >= 11 is 9.51. The third-order valence-corrected chi connectivity index (χ3v) is 3.61. The maximum absolute atomic E-state index is 6.08. The summed E-state index contributed by atoms with van der Waals surface area (Å²) in [5, 5.41) is 4.03. The van der Waals surface area contributed by atoms with Gasteiger partial charge in [0.2, 0.25) is 0 Å². The number of benzene rings is 2. The fraction of sp³-hybridized carbons (Fsp3) is 0.200. The second kappa shape index (κ2) is 6.94. The van der Waals surface area contributed by atoms with E-state index < -0.39 is 0 Å². The van der Waals surface area contributed by atoms with E-state index in [-0.39, 0.29) is 0 Å². The van der Waals surface area contributed by atoms with Crippen LogP contribution in [0.5, 0.6) is 5.75 Å². The van der Waals surface area contributed by atoms with Gasteiger partial charge in [0.1, 0.15) is 5.75 Å². The highest BCUT2D eigenvalue weighted by atomic mass is 79.9. The Morgan fingerprint density at radius 2 is 1.68 bits per heavy atom. The zero-order valence-electron chi connectivity index (χ0n) is 10.6. The summed E-state index contributed by atoms with van der Waals surface area (Å²) in [6.07, 6.45) is 0. The molecule has 0 aliphatic carbocycles. The van der Waals surface area contributed by atoms with Crippen LogP contribution in [0.25, 0.3) is 0 Å². The molecular formula is C15H15BrClNO. The molecule has 0 aromatic heterocycles. The van der Waals surface area contributed by atoms with Gasteiger partial charge in [-0.3, -0.25) is 0 Å². The first-order chi connectivity index (χ1) is 9.19. The lowest BCUT2D eigenvalue weighted by Crippen LogP contribution is -2.12. The van der Waals surface area contributed by atoms with Crippen LogP contribution in [0.1, 0.15) is 11.1 Å². The van der Waals surface area contributed by atoms with Gasteiger partial charge < -0.3 is 10.1 Å². The Morgan fingerprint density at radius 1 is 1.05 bits per heavy atom. The van der Waals surface area contributed by atoms with E-state index in [1.165, 1.54) is 5.56 Å². The van der Waals surface area contributed by atoms with Crippen LogP contribution in [0.4, 0.5) is 0 Å². The molecule has 0 unspecified atom stereocenters. The van der Waals surface area contributed by atoms with Crippen molar-refractivity contribution in [2.75, 3.05) is 7.11 Å². The van der Waals surface area contributed by atoms with Gasteiger partial charge >= 0.3 is 0 Å². The molecule has 0 saturated carbocycles. The molecule has 2 aromatic carbocycles. The third-order valence-electron chi connectivity index (χ3n) is 2.79. The molecule has 0 saturated heterocycles. The van der Waals surface area contributed by atoms with Gasteiger partial charge in [0.15, 0.2) is 0 Å². The van der Waals surface area contributed by atoms with Crippen LogP contribution in [0, 0.1) is 0 Å². The van der Waals surface area contributed by atoms with Crippen molar-refractivity contribution in [1.82, 2.24) is 5.32 Å². The second-order valence-corrected chi connectivity index (χ2v) is 5.52. The molecule has 0 bridgehead atoms. The molecule has 0 heterocycles. The molecule has 0 aliphatic heterocycles. The van der Waals surface area contributed by atoms with Gasteiger partial charge in [0, 0.05) is 17.6 Å². The zero-order chi connectivity index (χ0) is 13.7. The van der Waals surface area contributed by atoms with Gasteiger partial charge in [0.25, 0.3) is 0 Å². The molecule has 0 fully saturated rings. The highest BCUT2D eigenvalue weighted by Crippen LogP contribution is 2.24. The standard InChI is InChI=1S/C15H15BrClNO/c1-19-15-7-4-12(8-14(15)17)10-18-9-11-2-5-13(16)6-3-11/h2-8,18H,9-10H2,1H3. The predicted molar refractivity (Wildman–Crippen MR) is 82.7 cm³/mol. The number of methoxy groups -OCH3 is 1. The quantitative estimate of drug-likeness (QED) is 0.871. The van der Waals surface area contributed by atoms with Crippen LogP contribution in [0.2, 0.25) is 5.02 Å². The number of hydrogen-bond donors (Lipinski definition) is 1. The minimum atomic E-state index is 0.644. The Morgan fingerprint density at radius 3 is 2.32 bits per heavy atom. The van der Waals surface area contributed by atoms with Crippen molar-refractivity contribution in [2.45, 2.75) is 13.1 Å². The van der Waals surface area contributed by atoms with Gasteiger partial charge in [-0.25, -0.2) is 0 Å². The van der Waals surface area contributed by atoms with Gasteiger partial charge in [0.05, 0.1) is 12.1 Å². The molecule has 0 amide bonds. The number of nitrogens with one attached hydrogen (secondary N) is 1. The Bertz CT molecular complexity index is 542. The number of halogens is 2. The molecule has 100 valence electrons. The molecule has 0 spiro atoms. The minimum absolute atomic E-state index is 0.644. The van der Waals surface area contributed by atoms with Crippen molar-refractivity contribution >= 4 is 27.5 Å². The molecule has 2 rings (SSSR count). The van der Waals surface area contributed by atoms with Gasteiger partial charge in [-0.15, -0.1) is 0 Å². The Kier molecular flexibility index (Phi) is 5.25. The summed E-state index contributed by atoms with van der Waals surface area (Å²) in [6.45, 7) is 1.61. The highest BCUT2D eigenvalue weighted by molar-refractivity contribution is 9.10. The molecule has 0 atom stereocenters. The van der Waals surface area contributed by atoms with Crippen LogP contribution in [-0.2, 0) is 13.1 Å². The smallest absolute Gasteiger partial charge is 0.137 e.